The molecule has 1 aliphatic rings. The standard InChI is InChI=1S/C22H34N4O.C8H18O.C2H6/c1-9-20(15(2)3)11-10-17(6)24-22-21(13-23-12-18(7)25-22)14-26(16(4)5)19(8)27;1-4-6-7-9-8(3)5-2;1-2/h9-11,13,15-16,24H,6,12,14H2,1-5,7-8H3;8H,4-7H2,1-3H3;1-2H3/b11-10-,20-9+;;. The third kappa shape index (κ3) is 17.1. The Hall–Kier alpha value is -2.47. The summed E-state index contributed by atoms with van der Waals surface area (Å²) >= 11 is 0. The molecule has 0 bridgehead atoms. The highest BCUT2D eigenvalue weighted by molar-refractivity contribution is 5.91. The second-order valence-corrected chi connectivity index (χ2v) is 9.80. The Bertz CT molecular complexity index is 832. The Morgan fingerprint density at radius 3 is 2.29 bits per heavy atom. The van der Waals surface area contributed by atoms with Crippen molar-refractivity contribution in [2.24, 2.45) is 15.9 Å². The molecule has 1 rings (SSSR count). The zero-order chi connectivity index (χ0) is 29.7. The minimum atomic E-state index is 0.0311. The van der Waals surface area contributed by atoms with Crippen LogP contribution in [0.5, 0.6) is 0 Å². The number of allylic oxidation sites excluding steroid dienone is 4. The number of carbonyl (C=O) groups is 1. The molecule has 1 heterocycles. The monoisotopic (exact) mass is 530 g/mol. The number of hydrogen-bond acceptors (Lipinski definition) is 5. The Morgan fingerprint density at radius 2 is 1.82 bits per heavy atom. The van der Waals surface area contributed by atoms with Crippen LogP contribution in [-0.4, -0.2) is 54.6 Å². The summed E-state index contributed by atoms with van der Waals surface area (Å²) in [7, 11) is 0. The van der Waals surface area contributed by atoms with Gasteiger partial charge in [0, 0.05) is 42.8 Å². The van der Waals surface area contributed by atoms with Crippen LogP contribution >= 0.6 is 0 Å². The van der Waals surface area contributed by atoms with E-state index in [1.807, 2.05) is 53.8 Å². The van der Waals surface area contributed by atoms with Gasteiger partial charge in [0.25, 0.3) is 0 Å². The average Bonchev–Trinajstić information content (AvgIpc) is 3.04. The van der Waals surface area contributed by atoms with E-state index in [1.54, 1.807) is 11.8 Å². The lowest BCUT2D eigenvalue weighted by Gasteiger charge is -2.26. The largest absolute Gasteiger partial charge is 0.379 e. The lowest BCUT2D eigenvalue weighted by Crippen LogP contribution is -2.37. The van der Waals surface area contributed by atoms with Crippen molar-refractivity contribution < 1.29 is 9.53 Å². The first-order chi connectivity index (χ1) is 18.0. The van der Waals surface area contributed by atoms with Crippen LogP contribution in [0.4, 0.5) is 0 Å². The van der Waals surface area contributed by atoms with Crippen LogP contribution in [0, 0.1) is 5.92 Å². The molecule has 0 fully saturated rings. The van der Waals surface area contributed by atoms with Crippen molar-refractivity contribution in [3.05, 3.63) is 47.5 Å². The molecule has 218 valence electrons. The Morgan fingerprint density at radius 1 is 1.18 bits per heavy atom. The molecule has 1 unspecified atom stereocenters. The molecule has 38 heavy (non-hydrogen) atoms. The average molecular weight is 531 g/mol. The van der Waals surface area contributed by atoms with Crippen LogP contribution in [-0.2, 0) is 9.53 Å². The number of carbonyl (C=O) groups excluding carboxylic acids is 1. The maximum absolute atomic E-state index is 12.0. The van der Waals surface area contributed by atoms with Crippen LogP contribution in [0.2, 0.25) is 0 Å². The van der Waals surface area contributed by atoms with Gasteiger partial charge in [0.15, 0.2) is 0 Å². The Labute approximate surface area is 235 Å². The van der Waals surface area contributed by atoms with Gasteiger partial charge in [-0.15, -0.1) is 0 Å². The summed E-state index contributed by atoms with van der Waals surface area (Å²) in [6.07, 6.45) is 12.0. The summed E-state index contributed by atoms with van der Waals surface area (Å²) in [5.74, 6) is 1.18. The number of nitrogens with one attached hydrogen (secondary N) is 1. The summed E-state index contributed by atoms with van der Waals surface area (Å²) in [6.45, 7) is 30.4. The van der Waals surface area contributed by atoms with Crippen molar-refractivity contribution in [1.82, 2.24) is 10.2 Å². The van der Waals surface area contributed by atoms with E-state index in [-0.39, 0.29) is 11.9 Å². The van der Waals surface area contributed by atoms with E-state index in [9.17, 15) is 4.79 Å². The van der Waals surface area contributed by atoms with E-state index in [1.165, 1.54) is 18.4 Å². The normalized spacial score (nSPS) is 14.4. The van der Waals surface area contributed by atoms with Gasteiger partial charge in [-0.1, -0.05) is 66.7 Å². The molecule has 1 aliphatic heterocycles. The topological polar surface area (TPSA) is 66.3 Å². The molecule has 6 nitrogen and oxygen atoms in total. The summed E-state index contributed by atoms with van der Waals surface area (Å²) in [5, 5.41) is 3.30. The van der Waals surface area contributed by atoms with Crippen LogP contribution in [0.1, 0.15) is 102 Å². The molecule has 0 spiro atoms. The number of aliphatic imine (C=N–C) groups is 2. The maximum atomic E-state index is 12.0. The van der Waals surface area contributed by atoms with Gasteiger partial charge in [-0.3, -0.25) is 9.79 Å². The van der Waals surface area contributed by atoms with Gasteiger partial charge < -0.3 is 15.0 Å². The van der Waals surface area contributed by atoms with Gasteiger partial charge in [-0.2, -0.15) is 0 Å². The van der Waals surface area contributed by atoms with Crippen molar-refractivity contribution in [3.63, 3.8) is 0 Å². The van der Waals surface area contributed by atoms with Gasteiger partial charge in [0.2, 0.25) is 5.91 Å². The minimum Gasteiger partial charge on any atom is -0.379 e. The van der Waals surface area contributed by atoms with E-state index in [2.05, 4.69) is 68.7 Å². The molecule has 0 saturated heterocycles. The molecule has 0 saturated carbocycles. The zero-order valence-electron chi connectivity index (χ0n) is 26.6. The number of hydrogen-bond donors (Lipinski definition) is 1. The van der Waals surface area contributed by atoms with Crippen LogP contribution in [0.15, 0.2) is 57.5 Å². The fraction of sp³-hybridized carbons (Fsp3) is 0.656. The molecule has 1 amide bonds. The SMILES string of the molecule is C=C(/C=C\C(=C/C)C(C)C)NC1=C(CN(C(C)=O)C(C)C)C=NCC(C)=N1.CC.CCCCOC(C)CC. The van der Waals surface area contributed by atoms with E-state index in [0.29, 0.717) is 30.9 Å². The summed E-state index contributed by atoms with van der Waals surface area (Å²) in [4.78, 5) is 22.9. The van der Waals surface area contributed by atoms with Crippen molar-refractivity contribution in [3.8, 4) is 0 Å². The maximum Gasteiger partial charge on any atom is 0.219 e. The predicted molar refractivity (Wildman–Crippen MR) is 168 cm³/mol. The fourth-order valence-electron chi connectivity index (χ4n) is 3.27. The molecule has 0 radical (unpaired) electrons. The molecule has 0 aliphatic carbocycles. The van der Waals surface area contributed by atoms with Crippen LogP contribution in [0.3, 0.4) is 0 Å². The summed E-state index contributed by atoms with van der Waals surface area (Å²) in [6, 6.07) is 0.101. The first-order valence-electron chi connectivity index (χ1n) is 14.4. The van der Waals surface area contributed by atoms with Crippen LogP contribution in [0.25, 0.3) is 0 Å². The Balaban J connectivity index is 0. The second kappa shape index (κ2) is 22.5. The highest BCUT2D eigenvalue weighted by Gasteiger charge is 2.18. The third-order valence-corrected chi connectivity index (χ3v) is 5.77. The number of unbranched alkanes of at least 4 members (excludes halogenated alkanes) is 1. The van der Waals surface area contributed by atoms with Gasteiger partial charge in [-0.05, 0) is 65.0 Å². The van der Waals surface area contributed by atoms with E-state index >= 15 is 0 Å². The van der Waals surface area contributed by atoms with Crippen molar-refractivity contribution in [2.75, 3.05) is 19.7 Å². The third-order valence-electron chi connectivity index (χ3n) is 5.77. The quantitative estimate of drug-likeness (QED) is 0.194. The highest BCUT2D eigenvalue weighted by Crippen LogP contribution is 2.14. The van der Waals surface area contributed by atoms with Crippen LogP contribution < -0.4 is 5.32 Å². The predicted octanol–water partition coefficient (Wildman–Crippen LogP) is 7.89. The molecular weight excluding hydrogens is 472 g/mol. The highest BCUT2D eigenvalue weighted by atomic mass is 16.5. The number of ether oxygens (including phenoxy) is 1. The minimum absolute atomic E-state index is 0.0311. The van der Waals surface area contributed by atoms with Gasteiger partial charge in [0.1, 0.15) is 5.82 Å². The summed E-state index contributed by atoms with van der Waals surface area (Å²) in [5.41, 5.74) is 3.78. The van der Waals surface area contributed by atoms with Crippen molar-refractivity contribution in [2.45, 2.75) is 114 Å². The number of nitrogens with zero attached hydrogens (tertiary/aromatic N) is 3. The molecular formula is C32H58N4O2. The van der Waals surface area contributed by atoms with E-state index in [0.717, 1.165) is 30.0 Å². The molecule has 1 atom stereocenters. The number of rotatable bonds is 13. The first-order valence-corrected chi connectivity index (χ1v) is 14.4. The molecule has 1 N–H and O–H groups in total. The summed E-state index contributed by atoms with van der Waals surface area (Å²) < 4.78 is 5.43. The van der Waals surface area contributed by atoms with Gasteiger partial charge in [0.05, 0.1) is 19.2 Å². The molecule has 0 aromatic heterocycles. The Kier molecular flexibility index (Phi) is 22.3. The number of amides is 1. The second-order valence-electron chi connectivity index (χ2n) is 9.80. The van der Waals surface area contributed by atoms with Crippen molar-refractivity contribution in [1.29, 1.82) is 0 Å². The van der Waals surface area contributed by atoms with Gasteiger partial charge >= 0.3 is 0 Å². The van der Waals surface area contributed by atoms with Gasteiger partial charge in [-0.25, -0.2) is 4.99 Å². The fourth-order valence-corrected chi connectivity index (χ4v) is 3.27. The zero-order valence-corrected chi connectivity index (χ0v) is 26.6. The molecule has 0 aromatic rings. The lowest BCUT2D eigenvalue weighted by molar-refractivity contribution is -0.129. The van der Waals surface area contributed by atoms with E-state index in [4.69, 9.17) is 4.74 Å². The molecule has 0 aromatic carbocycles. The van der Waals surface area contributed by atoms with Crippen molar-refractivity contribution >= 4 is 17.8 Å². The first kappa shape index (κ1) is 37.7. The van der Waals surface area contributed by atoms with E-state index < -0.39 is 0 Å². The lowest BCUT2D eigenvalue weighted by atomic mass is 10.0. The smallest absolute Gasteiger partial charge is 0.219 e. The molecule has 6 heteroatoms.